The van der Waals surface area contributed by atoms with Crippen LogP contribution in [0.2, 0.25) is 5.02 Å². The number of halogens is 1. The van der Waals surface area contributed by atoms with Gasteiger partial charge in [0.05, 0.1) is 19.9 Å². The van der Waals surface area contributed by atoms with Gasteiger partial charge in [0.15, 0.2) is 0 Å². The minimum atomic E-state index is -0.667. The van der Waals surface area contributed by atoms with E-state index < -0.39 is 6.10 Å². The zero-order valence-corrected chi connectivity index (χ0v) is 16.5. The van der Waals surface area contributed by atoms with Gasteiger partial charge in [-0.2, -0.15) is 0 Å². The van der Waals surface area contributed by atoms with Crippen LogP contribution in [0.4, 0.5) is 0 Å². The molecule has 0 radical (unpaired) electrons. The summed E-state index contributed by atoms with van der Waals surface area (Å²) in [6, 6.07) is 18.8. The lowest BCUT2D eigenvalue weighted by atomic mass is 10.2. The largest absolute Gasteiger partial charge is 0.497 e. The summed E-state index contributed by atoms with van der Waals surface area (Å²) in [5, 5.41) is 11.2. The minimum Gasteiger partial charge on any atom is -0.497 e. The maximum atomic E-state index is 10.5. The molecule has 1 N–H and O–H groups in total. The maximum Gasteiger partial charge on any atom is 0.119 e. The van der Waals surface area contributed by atoms with E-state index in [-0.39, 0.29) is 6.61 Å². The lowest BCUT2D eigenvalue weighted by Crippen LogP contribution is -2.35. The van der Waals surface area contributed by atoms with Gasteiger partial charge in [-0.25, -0.2) is 0 Å². The van der Waals surface area contributed by atoms with Crippen LogP contribution >= 0.6 is 11.6 Å². The third kappa shape index (κ3) is 6.02. The molecule has 0 saturated heterocycles. The van der Waals surface area contributed by atoms with Gasteiger partial charge in [0, 0.05) is 18.1 Å². The lowest BCUT2D eigenvalue weighted by molar-refractivity contribution is 0.0604. The van der Waals surface area contributed by atoms with Crippen LogP contribution in [-0.4, -0.2) is 36.4 Å². The first-order chi connectivity index (χ1) is 13.6. The van der Waals surface area contributed by atoms with Crippen LogP contribution < -0.4 is 9.47 Å². The van der Waals surface area contributed by atoms with Gasteiger partial charge in [0.25, 0.3) is 0 Å². The third-order valence-electron chi connectivity index (χ3n) is 4.28. The summed E-state index contributed by atoms with van der Waals surface area (Å²) < 4.78 is 16.3. The van der Waals surface area contributed by atoms with E-state index in [0.29, 0.717) is 30.4 Å². The van der Waals surface area contributed by atoms with E-state index in [0.717, 1.165) is 17.1 Å². The first kappa shape index (κ1) is 20.3. The van der Waals surface area contributed by atoms with Crippen molar-refractivity contribution in [3.8, 4) is 11.5 Å². The van der Waals surface area contributed by atoms with Crippen molar-refractivity contribution in [3.05, 3.63) is 83.3 Å². The van der Waals surface area contributed by atoms with Gasteiger partial charge < -0.3 is 19.0 Å². The number of hydrogen-bond donors (Lipinski definition) is 1. The fourth-order valence-electron chi connectivity index (χ4n) is 2.89. The summed E-state index contributed by atoms with van der Waals surface area (Å²) >= 11 is 6.31. The first-order valence-electron chi connectivity index (χ1n) is 9.07. The molecule has 28 heavy (non-hydrogen) atoms. The van der Waals surface area contributed by atoms with E-state index in [2.05, 4.69) is 4.90 Å². The average molecular weight is 402 g/mol. The number of aliphatic hydroxyl groups excluding tert-OH is 1. The molecule has 0 aliphatic heterocycles. The number of hydrogen-bond acceptors (Lipinski definition) is 5. The fraction of sp³-hybridized carbons (Fsp3) is 0.273. The van der Waals surface area contributed by atoms with Crippen molar-refractivity contribution in [2.75, 3.05) is 20.3 Å². The predicted octanol–water partition coefficient (Wildman–Crippen LogP) is 4.38. The number of furan rings is 1. The standard InChI is InChI=1S/C22H24ClNO4/c1-26-19-8-10-20(11-9-19)28-16-18(25)14-24(15-21-6-4-12-27-21)13-17-5-2-3-7-22(17)23/h2-12,18,25H,13-16H2,1H3. The van der Waals surface area contributed by atoms with Gasteiger partial charge in [-0.1, -0.05) is 29.8 Å². The summed E-state index contributed by atoms with van der Waals surface area (Å²) in [4.78, 5) is 2.09. The Morgan fingerprint density at radius 1 is 1.00 bits per heavy atom. The van der Waals surface area contributed by atoms with Crippen LogP contribution in [0.25, 0.3) is 0 Å². The molecule has 1 atom stereocenters. The van der Waals surface area contributed by atoms with E-state index in [1.54, 1.807) is 13.4 Å². The summed E-state index contributed by atoms with van der Waals surface area (Å²) in [6.07, 6.45) is 0.978. The van der Waals surface area contributed by atoms with Gasteiger partial charge in [-0.15, -0.1) is 0 Å². The molecule has 0 aliphatic carbocycles. The second-order valence-electron chi connectivity index (χ2n) is 6.48. The fourth-order valence-corrected chi connectivity index (χ4v) is 3.09. The highest BCUT2D eigenvalue weighted by molar-refractivity contribution is 6.31. The third-order valence-corrected chi connectivity index (χ3v) is 4.65. The SMILES string of the molecule is COc1ccc(OCC(O)CN(Cc2ccco2)Cc2ccccc2Cl)cc1. The normalized spacial score (nSPS) is 12.1. The Morgan fingerprint density at radius 3 is 2.43 bits per heavy atom. The van der Waals surface area contributed by atoms with E-state index in [1.807, 2.05) is 60.7 Å². The molecule has 1 unspecified atom stereocenters. The van der Waals surface area contributed by atoms with E-state index in [9.17, 15) is 5.11 Å². The van der Waals surface area contributed by atoms with Gasteiger partial charge in [0.2, 0.25) is 0 Å². The number of aliphatic hydroxyl groups is 1. The molecule has 0 amide bonds. The summed E-state index contributed by atoms with van der Waals surface area (Å²) in [7, 11) is 1.62. The maximum absolute atomic E-state index is 10.5. The molecular weight excluding hydrogens is 378 g/mol. The first-order valence-corrected chi connectivity index (χ1v) is 9.45. The number of nitrogens with zero attached hydrogens (tertiary/aromatic N) is 1. The van der Waals surface area contributed by atoms with Crippen LogP contribution in [0.5, 0.6) is 11.5 Å². The molecule has 0 saturated carbocycles. The highest BCUT2D eigenvalue weighted by Gasteiger charge is 2.16. The van der Waals surface area contributed by atoms with Crippen molar-refractivity contribution >= 4 is 11.6 Å². The molecule has 0 fully saturated rings. The smallest absolute Gasteiger partial charge is 0.119 e. The summed E-state index contributed by atoms with van der Waals surface area (Å²) in [5.74, 6) is 2.27. The highest BCUT2D eigenvalue weighted by atomic mass is 35.5. The van der Waals surface area contributed by atoms with Crippen LogP contribution in [0.3, 0.4) is 0 Å². The van der Waals surface area contributed by atoms with E-state index in [1.165, 1.54) is 0 Å². The number of ether oxygens (including phenoxy) is 2. The van der Waals surface area contributed by atoms with Crippen molar-refractivity contribution in [2.24, 2.45) is 0 Å². The highest BCUT2D eigenvalue weighted by Crippen LogP contribution is 2.20. The van der Waals surface area contributed by atoms with Gasteiger partial charge in [-0.3, -0.25) is 4.90 Å². The zero-order valence-electron chi connectivity index (χ0n) is 15.8. The molecule has 5 nitrogen and oxygen atoms in total. The van der Waals surface area contributed by atoms with Crippen molar-refractivity contribution in [2.45, 2.75) is 19.2 Å². The predicted molar refractivity (Wildman–Crippen MR) is 109 cm³/mol. The molecule has 6 heteroatoms. The molecule has 0 spiro atoms. The average Bonchev–Trinajstić information content (AvgIpc) is 3.21. The molecule has 0 bridgehead atoms. The minimum absolute atomic E-state index is 0.184. The molecule has 148 valence electrons. The molecule has 3 aromatic rings. The van der Waals surface area contributed by atoms with Gasteiger partial charge in [0.1, 0.15) is 30.0 Å². The lowest BCUT2D eigenvalue weighted by Gasteiger charge is -2.25. The number of rotatable bonds is 10. The van der Waals surface area contributed by atoms with E-state index in [4.69, 9.17) is 25.5 Å². The Labute approximate surface area is 170 Å². The van der Waals surface area contributed by atoms with Crippen molar-refractivity contribution < 1.29 is 19.0 Å². The number of methoxy groups -OCH3 is 1. The van der Waals surface area contributed by atoms with Crippen molar-refractivity contribution in [1.82, 2.24) is 4.90 Å². The van der Waals surface area contributed by atoms with Gasteiger partial charge >= 0.3 is 0 Å². The summed E-state index contributed by atoms with van der Waals surface area (Å²) in [6.45, 7) is 1.77. The molecule has 0 aliphatic rings. The number of benzene rings is 2. The Hall–Kier alpha value is -2.47. The Kier molecular flexibility index (Phi) is 7.37. The van der Waals surface area contributed by atoms with Crippen LogP contribution in [0.15, 0.2) is 71.3 Å². The Bertz CT molecular complexity index is 836. The monoisotopic (exact) mass is 401 g/mol. The molecule has 3 rings (SSSR count). The van der Waals surface area contributed by atoms with Crippen molar-refractivity contribution in [3.63, 3.8) is 0 Å². The topological polar surface area (TPSA) is 55.1 Å². The molecular formula is C22H24ClNO4. The zero-order chi connectivity index (χ0) is 19.8. The van der Waals surface area contributed by atoms with Gasteiger partial charge in [-0.05, 0) is 48.0 Å². The van der Waals surface area contributed by atoms with Crippen molar-refractivity contribution in [1.29, 1.82) is 0 Å². The second kappa shape index (κ2) is 10.2. The van der Waals surface area contributed by atoms with Crippen LogP contribution in [0.1, 0.15) is 11.3 Å². The quantitative estimate of drug-likeness (QED) is 0.546. The van der Waals surface area contributed by atoms with Crippen LogP contribution in [-0.2, 0) is 13.1 Å². The Morgan fingerprint density at radius 2 is 1.75 bits per heavy atom. The van der Waals surface area contributed by atoms with E-state index >= 15 is 0 Å². The second-order valence-corrected chi connectivity index (χ2v) is 6.89. The Balaban J connectivity index is 1.59. The molecule has 1 heterocycles. The van der Waals surface area contributed by atoms with Crippen LogP contribution in [0, 0.1) is 0 Å². The molecule has 1 aromatic heterocycles. The summed E-state index contributed by atoms with van der Waals surface area (Å²) in [5.41, 5.74) is 0.999. The molecule has 2 aromatic carbocycles.